The third-order valence-corrected chi connectivity index (χ3v) is 3.31. The number of rotatable bonds is 4. The van der Waals surface area contributed by atoms with Crippen LogP contribution >= 0.6 is 15.9 Å². The van der Waals surface area contributed by atoms with Gasteiger partial charge in [-0.15, -0.1) is 0 Å². The molecule has 0 saturated carbocycles. The van der Waals surface area contributed by atoms with E-state index < -0.39 is 0 Å². The van der Waals surface area contributed by atoms with Gasteiger partial charge in [0.05, 0.1) is 6.21 Å². The van der Waals surface area contributed by atoms with Gasteiger partial charge >= 0.3 is 0 Å². The smallest absolute Gasteiger partial charge is 0.173 e. The van der Waals surface area contributed by atoms with Crippen molar-refractivity contribution < 1.29 is 26.8 Å². The highest BCUT2D eigenvalue weighted by Gasteiger charge is 2.02. The van der Waals surface area contributed by atoms with Crippen LogP contribution in [0.5, 0.6) is 0 Å². The number of hydrogen-bond acceptors (Lipinski definition) is 2. The summed E-state index contributed by atoms with van der Waals surface area (Å²) in [6.07, 6.45) is 5.35. The van der Waals surface area contributed by atoms with E-state index in [-0.39, 0.29) is 17.0 Å². The van der Waals surface area contributed by atoms with Gasteiger partial charge in [0.15, 0.2) is 18.9 Å². The van der Waals surface area contributed by atoms with Crippen LogP contribution < -0.4 is 21.5 Å². The first-order chi connectivity index (χ1) is 8.81. The van der Waals surface area contributed by atoms with Crippen molar-refractivity contribution in [3.05, 3.63) is 65.5 Å². The molecule has 0 aliphatic rings. The highest BCUT2D eigenvalue weighted by molar-refractivity contribution is 9.08. The molecule has 0 bridgehead atoms. The zero-order valence-electron chi connectivity index (χ0n) is 10.2. The predicted molar refractivity (Wildman–Crippen MR) is 74.2 cm³/mol. The minimum Gasteiger partial charge on any atom is -1.00 e. The summed E-state index contributed by atoms with van der Waals surface area (Å²) >= 11 is 3.43. The first kappa shape index (κ1) is 15.9. The lowest BCUT2D eigenvalue weighted by Crippen LogP contribution is -3.00. The van der Waals surface area contributed by atoms with Crippen LogP contribution in [0.15, 0.2) is 53.9 Å². The van der Waals surface area contributed by atoms with Crippen LogP contribution in [0.3, 0.4) is 0 Å². The molecule has 1 heterocycles. The Morgan fingerprint density at radius 1 is 1.05 bits per heavy atom. The molecule has 1 aromatic heterocycles. The Hall–Kier alpha value is -1.20. The van der Waals surface area contributed by atoms with E-state index in [1.807, 2.05) is 24.5 Å². The van der Waals surface area contributed by atoms with Gasteiger partial charge in [-0.05, 0) is 5.56 Å². The Balaban J connectivity index is 0.00000180. The molecule has 0 radical (unpaired) electrons. The summed E-state index contributed by atoms with van der Waals surface area (Å²) < 4.78 is 2.08. The normalized spacial score (nSPS) is 10.4. The van der Waals surface area contributed by atoms with Crippen LogP contribution in [0.2, 0.25) is 0 Å². The summed E-state index contributed by atoms with van der Waals surface area (Å²) in [6, 6.07) is 12.3. The van der Waals surface area contributed by atoms with Crippen LogP contribution in [0.25, 0.3) is 0 Å². The van der Waals surface area contributed by atoms with Gasteiger partial charge in [0.1, 0.15) is 0 Å². The van der Waals surface area contributed by atoms with E-state index in [0.717, 1.165) is 17.4 Å². The zero-order valence-corrected chi connectivity index (χ0v) is 13.4. The molecule has 0 aliphatic carbocycles. The summed E-state index contributed by atoms with van der Waals surface area (Å²) in [5.74, 6) is 0. The average molecular weight is 386 g/mol. The molecule has 2 aromatic rings. The quantitative estimate of drug-likeness (QED) is 0.254. The van der Waals surface area contributed by atoms with E-state index >= 15 is 0 Å². The highest BCUT2D eigenvalue weighted by atomic mass is 79.9. The first-order valence-corrected chi connectivity index (χ1v) is 6.74. The summed E-state index contributed by atoms with van der Waals surface area (Å²) in [7, 11) is 0. The molecule has 0 amide bonds. The fourth-order valence-corrected chi connectivity index (χ4v) is 2.05. The minimum atomic E-state index is 0. The molecule has 0 aliphatic heterocycles. The Kier molecular flexibility index (Phi) is 6.73. The maximum absolute atomic E-state index is 8.43. The van der Waals surface area contributed by atoms with Crippen molar-refractivity contribution in [3.63, 3.8) is 0 Å². The van der Waals surface area contributed by atoms with Gasteiger partial charge in [0.25, 0.3) is 0 Å². The van der Waals surface area contributed by atoms with E-state index in [4.69, 9.17) is 5.21 Å². The van der Waals surface area contributed by atoms with Gasteiger partial charge in [-0.25, -0.2) is 4.57 Å². The summed E-state index contributed by atoms with van der Waals surface area (Å²) in [5, 5.41) is 12.3. The number of hydrogen-bond donors (Lipinski definition) is 1. The largest absolute Gasteiger partial charge is 1.00 e. The lowest BCUT2D eigenvalue weighted by atomic mass is 10.1. The van der Waals surface area contributed by atoms with Crippen LogP contribution in [0.4, 0.5) is 0 Å². The molecule has 1 N–H and O–H groups in total. The maximum Gasteiger partial charge on any atom is 0.173 e. The molecule has 100 valence electrons. The number of pyridine rings is 1. The number of aromatic nitrogens is 1. The van der Waals surface area contributed by atoms with Crippen molar-refractivity contribution in [2.24, 2.45) is 5.16 Å². The zero-order chi connectivity index (χ0) is 12.8. The molecule has 1 aromatic carbocycles. The number of nitrogens with zero attached hydrogens (tertiary/aromatic N) is 2. The standard InChI is InChI=1S/C14H13BrN2O.BrH/c15-9-12-1-3-14(4-2-12)11-17-7-5-13(6-8-17)10-16-18;/h1-8,10H,9,11H2;1H. The number of alkyl halides is 1. The summed E-state index contributed by atoms with van der Waals surface area (Å²) in [4.78, 5) is 0. The van der Waals surface area contributed by atoms with E-state index in [0.29, 0.717) is 0 Å². The lowest BCUT2D eigenvalue weighted by molar-refractivity contribution is -0.688. The third kappa shape index (κ3) is 4.76. The van der Waals surface area contributed by atoms with Crippen molar-refractivity contribution in [2.45, 2.75) is 11.9 Å². The Morgan fingerprint density at radius 2 is 1.63 bits per heavy atom. The molecule has 0 spiro atoms. The van der Waals surface area contributed by atoms with Crippen molar-refractivity contribution in [3.8, 4) is 0 Å². The molecular weight excluding hydrogens is 372 g/mol. The first-order valence-electron chi connectivity index (χ1n) is 5.62. The van der Waals surface area contributed by atoms with Gasteiger partial charge in [0.2, 0.25) is 0 Å². The average Bonchev–Trinajstić information content (AvgIpc) is 2.42. The van der Waals surface area contributed by atoms with Gasteiger partial charge in [-0.2, -0.15) is 0 Å². The van der Waals surface area contributed by atoms with Gasteiger partial charge in [0, 0.05) is 28.6 Å². The third-order valence-electron chi connectivity index (χ3n) is 2.67. The highest BCUT2D eigenvalue weighted by Crippen LogP contribution is 2.07. The maximum atomic E-state index is 8.43. The Morgan fingerprint density at radius 3 is 2.16 bits per heavy atom. The predicted octanol–water partition coefficient (Wildman–Crippen LogP) is -0.271. The summed E-state index contributed by atoms with van der Waals surface area (Å²) in [5.41, 5.74) is 3.41. The monoisotopic (exact) mass is 384 g/mol. The van der Waals surface area contributed by atoms with Gasteiger partial charge in [-0.1, -0.05) is 45.4 Å². The van der Waals surface area contributed by atoms with Gasteiger partial charge < -0.3 is 22.2 Å². The molecule has 3 nitrogen and oxygen atoms in total. The van der Waals surface area contributed by atoms with Crippen molar-refractivity contribution in [1.29, 1.82) is 0 Å². The number of oxime groups is 1. The lowest BCUT2D eigenvalue weighted by Gasteiger charge is -2.00. The Labute approximate surface area is 131 Å². The van der Waals surface area contributed by atoms with Crippen LogP contribution in [-0.4, -0.2) is 11.4 Å². The molecule has 0 fully saturated rings. The SMILES string of the molecule is O/N=C/c1cc[n+](Cc2ccc(CBr)cc2)cc1.[Br-]. The molecule has 0 atom stereocenters. The Bertz CT molecular complexity index is 524. The van der Waals surface area contributed by atoms with Crippen molar-refractivity contribution >= 4 is 22.1 Å². The van der Waals surface area contributed by atoms with E-state index in [1.54, 1.807) is 0 Å². The van der Waals surface area contributed by atoms with Crippen LogP contribution in [0.1, 0.15) is 16.7 Å². The number of benzene rings is 1. The van der Waals surface area contributed by atoms with Crippen molar-refractivity contribution in [2.75, 3.05) is 0 Å². The van der Waals surface area contributed by atoms with Crippen molar-refractivity contribution in [1.82, 2.24) is 0 Å². The van der Waals surface area contributed by atoms with E-state index in [1.165, 1.54) is 17.3 Å². The molecule has 0 saturated heterocycles. The van der Waals surface area contributed by atoms with Gasteiger partial charge in [-0.3, -0.25) is 0 Å². The van der Waals surface area contributed by atoms with E-state index in [9.17, 15) is 0 Å². The molecule has 0 unspecified atom stereocenters. The molecule has 5 heteroatoms. The van der Waals surface area contributed by atoms with Crippen LogP contribution in [-0.2, 0) is 11.9 Å². The van der Waals surface area contributed by atoms with Crippen LogP contribution in [0, 0.1) is 0 Å². The second-order valence-corrected chi connectivity index (χ2v) is 4.56. The second kappa shape index (κ2) is 8.07. The second-order valence-electron chi connectivity index (χ2n) is 4.00. The topological polar surface area (TPSA) is 36.5 Å². The molecular formula is C14H14Br2N2O. The van der Waals surface area contributed by atoms with E-state index in [2.05, 4.69) is 49.9 Å². The fourth-order valence-electron chi connectivity index (χ4n) is 1.67. The molecule has 2 rings (SSSR count). The number of halogens is 2. The fraction of sp³-hybridized carbons (Fsp3) is 0.143. The minimum absolute atomic E-state index is 0. The summed E-state index contributed by atoms with van der Waals surface area (Å²) in [6.45, 7) is 0.832. The molecule has 19 heavy (non-hydrogen) atoms.